The minimum absolute atomic E-state index is 0.334. The maximum Gasteiger partial charge on any atom is 0.147 e. The lowest BCUT2D eigenvalue weighted by molar-refractivity contribution is 0.301. The van der Waals surface area contributed by atoms with Crippen molar-refractivity contribution in [3.05, 3.63) is 58.4 Å². The summed E-state index contributed by atoms with van der Waals surface area (Å²) in [6.45, 7) is 4.84. The van der Waals surface area contributed by atoms with Gasteiger partial charge in [0.25, 0.3) is 0 Å². The van der Waals surface area contributed by atoms with E-state index in [9.17, 15) is 0 Å². The molecule has 0 unspecified atom stereocenters. The quantitative estimate of drug-likeness (QED) is 0.924. The van der Waals surface area contributed by atoms with Gasteiger partial charge in [-0.2, -0.15) is 5.26 Å². The van der Waals surface area contributed by atoms with Crippen LogP contribution in [0.5, 0.6) is 5.75 Å². The number of rotatable bonds is 4. The van der Waals surface area contributed by atoms with E-state index in [0.29, 0.717) is 18.8 Å². The van der Waals surface area contributed by atoms with Crippen LogP contribution in [-0.4, -0.2) is 4.98 Å². The van der Waals surface area contributed by atoms with Gasteiger partial charge in [-0.15, -0.1) is 0 Å². The van der Waals surface area contributed by atoms with Crippen molar-refractivity contribution in [1.29, 1.82) is 5.26 Å². The van der Waals surface area contributed by atoms with E-state index in [2.05, 4.69) is 11.1 Å². The number of benzene rings is 1. The van der Waals surface area contributed by atoms with Crippen LogP contribution in [0.2, 0.25) is 0 Å². The Morgan fingerprint density at radius 3 is 2.60 bits per heavy atom. The van der Waals surface area contributed by atoms with Crippen molar-refractivity contribution in [3.8, 4) is 11.8 Å². The molecule has 1 aromatic heterocycles. The Labute approximate surface area is 118 Å². The van der Waals surface area contributed by atoms with E-state index in [1.807, 2.05) is 32.0 Å². The van der Waals surface area contributed by atoms with Crippen LogP contribution in [0.1, 0.15) is 27.9 Å². The highest BCUT2D eigenvalue weighted by Crippen LogP contribution is 2.25. The van der Waals surface area contributed by atoms with Crippen molar-refractivity contribution in [2.24, 2.45) is 5.73 Å². The van der Waals surface area contributed by atoms with Gasteiger partial charge in [0.2, 0.25) is 0 Å². The predicted molar refractivity (Wildman–Crippen MR) is 77.1 cm³/mol. The third kappa shape index (κ3) is 2.95. The molecular formula is C16H17N3O. The van der Waals surface area contributed by atoms with Gasteiger partial charge in [-0.1, -0.05) is 18.2 Å². The largest absolute Gasteiger partial charge is 0.488 e. The van der Waals surface area contributed by atoms with Gasteiger partial charge >= 0.3 is 0 Å². The molecule has 0 radical (unpaired) electrons. The number of nitrogens with zero attached hydrogens (tertiary/aromatic N) is 2. The Hall–Kier alpha value is -2.38. The summed E-state index contributed by atoms with van der Waals surface area (Å²) < 4.78 is 5.86. The average molecular weight is 267 g/mol. The van der Waals surface area contributed by atoms with Gasteiger partial charge in [0, 0.05) is 18.3 Å². The fourth-order valence-electron chi connectivity index (χ4n) is 2.19. The molecular weight excluding hydrogens is 250 g/mol. The Bertz CT molecular complexity index is 636. The minimum atomic E-state index is 0.334. The summed E-state index contributed by atoms with van der Waals surface area (Å²) in [5, 5.41) is 9.01. The zero-order valence-electron chi connectivity index (χ0n) is 11.7. The van der Waals surface area contributed by atoms with Crippen LogP contribution in [-0.2, 0) is 13.2 Å². The van der Waals surface area contributed by atoms with E-state index < -0.39 is 0 Å². The normalized spacial score (nSPS) is 10.1. The molecule has 1 heterocycles. The molecule has 102 valence electrons. The second-order valence-electron chi connectivity index (χ2n) is 4.67. The second-order valence-corrected chi connectivity index (χ2v) is 4.67. The van der Waals surface area contributed by atoms with E-state index >= 15 is 0 Å². The molecule has 0 saturated carbocycles. The van der Waals surface area contributed by atoms with Gasteiger partial charge in [-0.25, -0.2) is 4.98 Å². The molecule has 0 spiro atoms. The van der Waals surface area contributed by atoms with E-state index in [1.165, 1.54) is 0 Å². The lowest BCUT2D eigenvalue weighted by Crippen LogP contribution is -2.04. The predicted octanol–water partition coefficient (Wildman–Crippen LogP) is 2.61. The first kappa shape index (κ1) is 14.0. The van der Waals surface area contributed by atoms with E-state index in [4.69, 9.17) is 15.7 Å². The molecule has 0 aliphatic rings. The first-order valence-corrected chi connectivity index (χ1v) is 6.42. The molecule has 2 rings (SSSR count). The molecule has 20 heavy (non-hydrogen) atoms. The van der Waals surface area contributed by atoms with Gasteiger partial charge in [0.15, 0.2) is 0 Å². The first-order valence-electron chi connectivity index (χ1n) is 6.42. The Kier molecular flexibility index (Phi) is 4.34. The van der Waals surface area contributed by atoms with Crippen LogP contribution in [0.15, 0.2) is 30.5 Å². The second kappa shape index (κ2) is 6.18. The number of aromatic nitrogens is 1. The molecule has 0 aliphatic carbocycles. The minimum Gasteiger partial charge on any atom is -0.488 e. The zero-order chi connectivity index (χ0) is 14.5. The van der Waals surface area contributed by atoms with Gasteiger partial charge in [-0.3, -0.25) is 0 Å². The highest BCUT2D eigenvalue weighted by Gasteiger charge is 2.08. The van der Waals surface area contributed by atoms with Crippen molar-refractivity contribution in [2.75, 3.05) is 0 Å². The fraction of sp³-hybridized carbons (Fsp3) is 0.250. The summed E-state index contributed by atoms with van der Waals surface area (Å²) in [5.74, 6) is 0.843. The van der Waals surface area contributed by atoms with Crippen LogP contribution in [0, 0.1) is 25.2 Å². The van der Waals surface area contributed by atoms with E-state index in [1.54, 1.807) is 12.3 Å². The first-order chi connectivity index (χ1) is 9.65. The molecule has 0 atom stereocenters. The smallest absolute Gasteiger partial charge is 0.147 e. The molecule has 2 N–H and O–H groups in total. The Morgan fingerprint density at radius 2 is 2.00 bits per heavy atom. The number of aryl methyl sites for hydroxylation is 2. The molecule has 1 aromatic carbocycles. The Balaban J connectivity index is 2.22. The molecule has 0 fully saturated rings. The van der Waals surface area contributed by atoms with Gasteiger partial charge < -0.3 is 10.5 Å². The van der Waals surface area contributed by atoms with Crippen LogP contribution >= 0.6 is 0 Å². The lowest BCUT2D eigenvalue weighted by atomic mass is 10.1. The number of nitrogens with two attached hydrogens (primary N) is 1. The number of hydrogen-bond acceptors (Lipinski definition) is 4. The van der Waals surface area contributed by atoms with Crippen molar-refractivity contribution < 1.29 is 4.74 Å². The maximum absolute atomic E-state index is 9.01. The zero-order valence-corrected chi connectivity index (χ0v) is 11.7. The molecule has 0 aliphatic heterocycles. The summed E-state index contributed by atoms with van der Waals surface area (Å²) in [6, 6.07) is 9.77. The number of nitriles is 1. The van der Waals surface area contributed by atoms with Crippen LogP contribution in [0.25, 0.3) is 0 Å². The topological polar surface area (TPSA) is 71.9 Å². The lowest BCUT2D eigenvalue weighted by Gasteiger charge is -2.14. The van der Waals surface area contributed by atoms with Crippen molar-refractivity contribution >= 4 is 0 Å². The number of pyridine rings is 1. The van der Waals surface area contributed by atoms with E-state index in [-0.39, 0.29) is 0 Å². The van der Waals surface area contributed by atoms with Crippen LogP contribution < -0.4 is 10.5 Å². The van der Waals surface area contributed by atoms with Gasteiger partial charge in [0.1, 0.15) is 24.1 Å². The monoisotopic (exact) mass is 267 g/mol. The SMILES string of the molecule is Cc1cc(CN)cc(C)c1OCc1cccnc1C#N. The van der Waals surface area contributed by atoms with Crippen LogP contribution in [0.3, 0.4) is 0 Å². The third-order valence-corrected chi connectivity index (χ3v) is 3.13. The summed E-state index contributed by atoms with van der Waals surface area (Å²) in [6.07, 6.45) is 1.61. The standard InChI is InChI=1S/C16H17N3O/c1-11-6-13(8-17)7-12(2)16(11)20-10-14-4-3-5-19-15(14)9-18/h3-7H,8,10,17H2,1-2H3. The molecule has 0 amide bonds. The van der Waals surface area contributed by atoms with Crippen LogP contribution in [0.4, 0.5) is 0 Å². The average Bonchev–Trinajstić information content (AvgIpc) is 2.46. The summed E-state index contributed by atoms with van der Waals surface area (Å²) in [7, 11) is 0. The van der Waals surface area contributed by atoms with E-state index in [0.717, 1.165) is 28.0 Å². The molecule has 2 aromatic rings. The fourth-order valence-corrected chi connectivity index (χ4v) is 2.19. The molecule has 4 heteroatoms. The van der Waals surface area contributed by atoms with Crippen molar-refractivity contribution in [3.63, 3.8) is 0 Å². The molecule has 4 nitrogen and oxygen atoms in total. The maximum atomic E-state index is 9.01. The number of ether oxygens (including phenoxy) is 1. The highest BCUT2D eigenvalue weighted by molar-refractivity contribution is 5.43. The molecule has 0 saturated heterocycles. The summed E-state index contributed by atoms with van der Waals surface area (Å²) >= 11 is 0. The summed E-state index contributed by atoms with van der Waals surface area (Å²) in [5.41, 5.74) is 10.0. The van der Waals surface area contributed by atoms with Crippen molar-refractivity contribution in [2.45, 2.75) is 27.0 Å². The number of hydrogen-bond donors (Lipinski definition) is 1. The van der Waals surface area contributed by atoms with Gasteiger partial charge in [-0.05, 0) is 36.6 Å². The highest BCUT2D eigenvalue weighted by atomic mass is 16.5. The summed E-state index contributed by atoms with van der Waals surface area (Å²) in [4.78, 5) is 4.02. The van der Waals surface area contributed by atoms with Gasteiger partial charge in [0.05, 0.1) is 0 Å². The molecule has 0 bridgehead atoms. The third-order valence-electron chi connectivity index (χ3n) is 3.13. The Morgan fingerprint density at radius 1 is 1.30 bits per heavy atom. The van der Waals surface area contributed by atoms with Crippen molar-refractivity contribution in [1.82, 2.24) is 4.98 Å².